The van der Waals surface area contributed by atoms with Crippen molar-refractivity contribution in [3.05, 3.63) is 35.4 Å². The van der Waals surface area contributed by atoms with Crippen LogP contribution in [-0.4, -0.2) is 36.5 Å². The maximum atomic E-state index is 12.2. The van der Waals surface area contributed by atoms with Crippen molar-refractivity contribution in [1.82, 2.24) is 10.6 Å². The lowest BCUT2D eigenvalue weighted by Crippen LogP contribution is -2.46. The molecule has 1 fully saturated rings. The first-order valence-corrected chi connectivity index (χ1v) is 9.92. The van der Waals surface area contributed by atoms with Crippen molar-refractivity contribution in [2.75, 3.05) is 13.2 Å². The highest BCUT2D eigenvalue weighted by Crippen LogP contribution is 2.28. The van der Waals surface area contributed by atoms with Crippen LogP contribution in [0.3, 0.4) is 0 Å². The van der Waals surface area contributed by atoms with E-state index in [4.69, 9.17) is 4.74 Å². The summed E-state index contributed by atoms with van der Waals surface area (Å²) in [6.45, 7) is 5.98. The van der Waals surface area contributed by atoms with Gasteiger partial charge in [-0.05, 0) is 48.8 Å². The highest BCUT2D eigenvalue weighted by Gasteiger charge is 2.35. The summed E-state index contributed by atoms with van der Waals surface area (Å²) in [4.78, 5) is 35.9. The zero-order valence-corrected chi connectivity index (χ0v) is 17.3. The molecule has 0 saturated heterocycles. The molecule has 0 unspecified atom stereocenters. The fourth-order valence-corrected chi connectivity index (χ4v) is 3.27. The van der Waals surface area contributed by atoms with Crippen LogP contribution in [0.5, 0.6) is 0 Å². The first kappa shape index (κ1) is 22.4. The van der Waals surface area contributed by atoms with Crippen LogP contribution in [0.4, 0.5) is 0 Å². The van der Waals surface area contributed by atoms with E-state index in [0.717, 1.165) is 18.4 Å². The summed E-state index contributed by atoms with van der Waals surface area (Å²) in [6, 6.07) is 9.50. The molecule has 1 aliphatic rings. The third-order valence-corrected chi connectivity index (χ3v) is 5.04. The van der Waals surface area contributed by atoms with Crippen LogP contribution in [0.1, 0.15) is 68.8 Å². The molecule has 7 heteroatoms. The molecule has 7 nitrogen and oxygen atoms in total. The molecule has 0 bridgehead atoms. The number of hydrogen-bond acceptors (Lipinski definition) is 5. The van der Waals surface area contributed by atoms with Gasteiger partial charge in [0.25, 0.3) is 11.8 Å². The third-order valence-electron chi connectivity index (χ3n) is 5.04. The van der Waals surface area contributed by atoms with Gasteiger partial charge in [0.1, 0.15) is 5.54 Å². The maximum absolute atomic E-state index is 12.2. The highest BCUT2D eigenvalue weighted by molar-refractivity contribution is 5.94. The summed E-state index contributed by atoms with van der Waals surface area (Å²) in [7, 11) is 0. The molecule has 2 amide bonds. The topological polar surface area (TPSA) is 108 Å². The lowest BCUT2D eigenvalue weighted by atomic mass is 9.87. The van der Waals surface area contributed by atoms with Crippen molar-refractivity contribution < 1.29 is 19.1 Å². The number of nitriles is 1. The van der Waals surface area contributed by atoms with E-state index in [1.807, 2.05) is 12.1 Å². The zero-order chi connectivity index (χ0) is 21.5. The Morgan fingerprint density at radius 1 is 1.14 bits per heavy atom. The highest BCUT2D eigenvalue weighted by atomic mass is 16.5. The van der Waals surface area contributed by atoms with Gasteiger partial charge >= 0.3 is 5.97 Å². The number of hydrogen-bond donors (Lipinski definition) is 2. The van der Waals surface area contributed by atoms with Gasteiger partial charge in [-0.15, -0.1) is 0 Å². The van der Waals surface area contributed by atoms with Gasteiger partial charge in [-0.1, -0.05) is 32.9 Å². The minimum atomic E-state index is -0.833. The molecule has 1 aliphatic carbocycles. The Labute approximate surface area is 171 Å². The normalized spacial score (nSPS) is 15.2. The first-order valence-electron chi connectivity index (χ1n) is 9.92. The van der Waals surface area contributed by atoms with E-state index in [0.29, 0.717) is 18.4 Å². The van der Waals surface area contributed by atoms with Crippen LogP contribution in [-0.2, 0) is 19.7 Å². The Bertz CT molecular complexity index is 782. The van der Waals surface area contributed by atoms with Crippen LogP contribution < -0.4 is 10.6 Å². The van der Waals surface area contributed by atoms with Crippen molar-refractivity contribution in [3.8, 4) is 6.07 Å². The summed E-state index contributed by atoms with van der Waals surface area (Å²) in [5.74, 6) is -1.33. The van der Waals surface area contributed by atoms with Crippen LogP contribution in [0.25, 0.3) is 0 Å². The summed E-state index contributed by atoms with van der Waals surface area (Å²) in [6.07, 6.45) is 2.99. The molecular weight excluding hydrogens is 370 g/mol. The first-order chi connectivity index (χ1) is 13.6. The number of amides is 2. The van der Waals surface area contributed by atoms with E-state index in [1.165, 1.54) is 0 Å². The Morgan fingerprint density at radius 2 is 1.76 bits per heavy atom. The second-order valence-corrected chi connectivity index (χ2v) is 8.44. The number of esters is 1. The number of carbonyl (C=O) groups excluding carboxylic acids is 3. The summed E-state index contributed by atoms with van der Waals surface area (Å²) in [5.41, 5.74) is 0.825. The second kappa shape index (κ2) is 9.55. The fourth-order valence-electron chi connectivity index (χ4n) is 3.27. The largest absolute Gasteiger partial charge is 0.456 e. The van der Waals surface area contributed by atoms with E-state index >= 15 is 0 Å². The van der Waals surface area contributed by atoms with Crippen LogP contribution in [0.2, 0.25) is 0 Å². The molecule has 0 atom stereocenters. The average molecular weight is 399 g/mol. The number of nitrogens with zero attached hydrogens (tertiary/aromatic N) is 1. The molecule has 0 aliphatic heterocycles. The van der Waals surface area contributed by atoms with Gasteiger partial charge in [-0.3, -0.25) is 14.4 Å². The SMILES string of the molecule is CC(C)(C)c1ccc(C(=O)NCCC(=O)OCC(=O)NC2(C#N)CCCC2)cc1. The van der Waals surface area contributed by atoms with Crippen LogP contribution in [0.15, 0.2) is 24.3 Å². The third kappa shape index (κ3) is 6.60. The molecule has 2 N–H and O–H groups in total. The van der Waals surface area contributed by atoms with Gasteiger partial charge in [-0.25, -0.2) is 0 Å². The van der Waals surface area contributed by atoms with Crippen LogP contribution in [0, 0.1) is 11.3 Å². The summed E-state index contributed by atoms with van der Waals surface area (Å²) >= 11 is 0. The smallest absolute Gasteiger partial charge is 0.308 e. The molecule has 1 saturated carbocycles. The van der Waals surface area contributed by atoms with Gasteiger partial charge in [0, 0.05) is 12.1 Å². The Morgan fingerprint density at radius 3 is 2.31 bits per heavy atom. The van der Waals surface area contributed by atoms with Gasteiger partial charge in [0.15, 0.2) is 6.61 Å². The van der Waals surface area contributed by atoms with E-state index in [-0.39, 0.29) is 24.3 Å². The summed E-state index contributed by atoms with van der Waals surface area (Å²) < 4.78 is 4.93. The van der Waals surface area contributed by atoms with E-state index in [1.54, 1.807) is 12.1 Å². The Hall–Kier alpha value is -2.88. The number of carbonyl (C=O) groups is 3. The molecule has 0 spiro atoms. The monoisotopic (exact) mass is 399 g/mol. The van der Waals surface area contributed by atoms with Crippen molar-refractivity contribution in [1.29, 1.82) is 5.26 Å². The molecule has 0 heterocycles. The van der Waals surface area contributed by atoms with Crippen molar-refractivity contribution >= 4 is 17.8 Å². The number of nitrogens with one attached hydrogen (secondary N) is 2. The number of ether oxygens (including phenoxy) is 1. The molecule has 0 aromatic heterocycles. The van der Waals surface area contributed by atoms with Gasteiger partial charge in [0.2, 0.25) is 0 Å². The molecule has 2 rings (SSSR count). The molecule has 0 radical (unpaired) electrons. The van der Waals surface area contributed by atoms with Crippen molar-refractivity contribution in [2.24, 2.45) is 0 Å². The molecule has 1 aromatic carbocycles. The predicted molar refractivity (Wildman–Crippen MR) is 108 cm³/mol. The van der Waals surface area contributed by atoms with Crippen LogP contribution >= 0.6 is 0 Å². The van der Waals surface area contributed by atoms with E-state index in [2.05, 4.69) is 37.5 Å². The van der Waals surface area contributed by atoms with E-state index in [9.17, 15) is 19.6 Å². The lowest BCUT2D eigenvalue weighted by molar-refractivity contribution is -0.148. The maximum Gasteiger partial charge on any atom is 0.308 e. The minimum Gasteiger partial charge on any atom is -0.456 e. The number of rotatable bonds is 7. The molecule has 1 aromatic rings. The minimum absolute atomic E-state index is 0.00963. The Balaban J connectivity index is 1.69. The average Bonchev–Trinajstić information content (AvgIpc) is 3.14. The fraction of sp³-hybridized carbons (Fsp3) is 0.545. The molecule has 156 valence electrons. The van der Waals surface area contributed by atoms with Gasteiger partial charge in [0.05, 0.1) is 12.5 Å². The molecule has 29 heavy (non-hydrogen) atoms. The van der Waals surface area contributed by atoms with Gasteiger partial charge < -0.3 is 15.4 Å². The summed E-state index contributed by atoms with van der Waals surface area (Å²) in [5, 5.41) is 14.6. The van der Waals surface area contributed by atoms with E-state index < -0.39 is 24.0 Å². The Kier molecular flexibility index (Phi) is 7.38. The zero-order valence-electron chi connectivity index (χ0n) is 17.3. The second-order valence-electron chi connectivity index (χ2n) is 8.44. The molecular formula is C22H29N3O4. The van der Waals surface area contributed by atoms with Crippen molar-refractivity contribution in [3.63, 3.8) is 0 Å². The number of benzene rings is 1. The predicted octanol–water partition coefficient (Wildman–Crippen LogP) is 2.60. The standard InChI is InChI=1S/C22H29N3O4/c1-21(2,3)17-8-6-16(7-9-17)20(28)24-13-10-19(27)29-14-18(26)25-22(15-23)11-4-5-12-22/h6-9H,4-5,10-14H2,1-3H3,(H,24,28)(H,25,26). The lowest BCUT2D eigenvalue weighted by Gasteiger charge is -2.21. The van der Waals surface area contributed by atoms with Crippen molar-refractivity contribution in [2.45, 2.75) is 63.8 Å². The quantitative estimate of drug-likeness (QED) is 0.685. The van der Waals surface area contributed by atoms with Gasteiger partial charge in [-0.2, -0.15) is 5.26 Å².